The summed E-state index contributed by atoms with van der Waals surface area (Å²) in [5.74, 6) is -1.19. The maximum atomic E-state index is 14.0. The number of aromatic amines is 1. The van der Waals surface area contributed by atoms with Gasteiger partial charge in [0, 0.05) is 50.8 Å². The topological polar surface area (TPSA) is 121 Å². The normalized spacial score (nSPS) is 12.0. The van der Waals surface area contributed by atoms with Crippen LogP contribution in [-0.2, 0) is 6.61 Å². The molecular weight excluding hydrogens is 618 g/mol. The fourth-order valence-corrected chi connectivity index (χ4v) is 6.52. The summed E-state index contributed by atoms with van der Waals surface area (Å²) in [7, 11) is 0. The first-order chi connectivity index (χ1) is 20.2. The predicted molar refractivity (Wildman–Crippen MR) is 168 cm³/mol. The van der Waals surface area contributed by atoms with E-state index in [0.29, 0.717) is 35.7 Å². The molecule has 0 unspecified atom stereocenters. The molecule has 0 saturated heterocycles. The van der Waals surface area contributed by atoms with Gasteiger partial charge < -0.3 is 25.5 Å². The van der Waals surface area contributed by atoms with E-state index in [9.17, 15) is 19.5 Å². The first-order valence-electron chi connectivity index (χ1n) is 13.3. The van der Waals surface area contributed by atoms with Crippen LogP contribution in [0.4, 0.5) is 5.69 Å². The van der Waals surface area contributed by atoms with Crippen molar-refractivity contribution in [2.24, 2.45) is 5.92 Å². The minimum Gasteiger partial charge on any atom is -0.488 e. The van der Waals surface area contributed by atoms with Crippen LogP contribution in [-0.4, -0.2) is 34.4 Å². The van der Waals surface area contributed by atoms with Crippen LogP contribution in [0, 0.1) is 5.92 Å². The third-order valence-corrected chi connectivity index (χ3v) is 8.97. The van der Waals surface area contributed by atoms with E-state index in [4.69, 9.17) is 4.74 Å². The number of carbonyl (C=O) groups is 3. The highest BCUT2D eigenvalue weighted by Crippen LogP contribution is 2.45. The van der Waals surface area contributed by atoms with E-state index in [1.807, 2.05) is 43.6 Å². The fraction of sp³-hybridized carbons (Fsp3) is 0.156. The highest BCUT2D eigenvalue weighted by molar-refractivity contribution is 9.10. The lowest BCUT2D eigenvalue weighted by Crippen LogP contribution is -2.27. The average Bonchev–Trinajstić information content (AvgIpc) is 3.66. The van der Waals surface area contributed by atoms with Gasteiger partial charge in [-0.3, -0.25) is 9.59 Å². The van der Waals surface area contributed by atoms with Gasteiger partial charge in [-0.25, -0.2) is 4.79 Å². The summed E-state index contributed by atoms with van der Waals surface area (Å²) in [5.41, 5.74) is 4.37. The van der Waals surface area contributed by atoms with E-state index in [1.165, 1.54) is 6.07 Å². The number of carboxylic acids is 1. The Balaban J connectivity index is 1.48. The number of rotatable bonds is 7. The van der Waals surface area contributed by atoms with Crippen molar-refractivity contribution in [3.8, 4) is 27.3 Å². The van der Waals surface area contributed by atoms with Crippen molar-refractivity contribution in [3.63, 3.8) is 0 Å². The minimum atomic E-state index is -1.21. The lowest BCUT2D eigenvalue weighted by atomic mass is 9.90. The van der Waals surface area contributed by atoms with E-state index >= 15 is 0 Å². The minimum absolute atomic E-state index is 0.0938. The lowest BCUT2D eigenvalue weighted by molar-refractivity contribution is 0.0697. The van der Waals surface area contributed by atoms with Gasteiger partial charge >= 0.3 is 5.97 Å². The van der Waals surface area contributed by atoms with Crippen molar-refractivity contribution in [3.05, 3.63) is 92.9 Å². The quantitative estimate of drug-likeness (QED) is 0.146. The number of benzene rings is 3. The SMILES string of the molecule is CC(C)CNC(=O)c1ccc(-c2cc3c(cc2C(=O)Nc2ccc4[nH]ccc4c2Br)-c2sccc2CO3)c(C(=O)O)c1. The maximum Gasteiger partial charge on any atom is 0.336 e. The number of aromatic nitrogens is 1. The number of halogens is 1. The van der Waals surface area contributed by atoms with Crippen LogP contribution in [0.15, 0.2) is 70.6 Å². The summed E-state index contributed by atoms with van der Waals surface area (Å²) in [6.45, 7) is 4.79. The van der Waals surface area contributed by atoms with E-state index in [-0.39, 0.29) is 28.5 Å². The number of amides is 2. The molecule has 2 aromatic heterocycles. The van der Waals surface area contributed by atoms with Crippen LogP contribution < -0.4 is 15.4 Å². The summed E-state index contributed by atoms with van der Waals surface area (Å²) in [5, 5.41) is 18.9. The van der Waals surface area contributed by atoms with E-state index in [2.05, 4.69) is 31.5 Å². The fourth-order valence-electron chi connectivity index (χ4n) is 5.01. The van der Waals surface area contributed by atoms with Gasteiger partial charge in [-0.15, -0.1) is 11.3 Å². The van der Waals surface area contributed by atoms with Crippen molar-refractivity contribution in [2.45, 2.75) is 20.5 Å². The number of carboxylic acid groups (broad SMARTS) is 1. The summed E-state index contributed by atoms with van der Waals surface area (Å²) >= 11 is 5.16. The zero-order chi connectivity index (χ0) is 29.5. The van der Waals surface area contributed by atoms with Gasteiger partial charge in [0.05, 0.1) is 15.7 Å². The van der Waals surface area contributed by atoms with Crippen LogP contribution in [0.1, 0.15) is 50.5 Å². The monoisotopic (exact) mass is 643 g/mol. The van der Waals surface area contributed by atoms with Gasteiger partial charge in [0.25, 0.3) is 11.8 Å². The predicted octanol–water partition coefficient (Wildman–Crippen LogP) is 7.55. The van der Waals surface area contributed by atoms with Crippen molar-refractivity contribution in [1.29, 1.82) is 0 Å². The van der Waals surface area contributed by atoms with Crippen LogP contribution in [0.2, 0.25) is 0 Å². The zero-order valence-electron chi connectivity index (χ0n) is 22.7. The Morgan fingerprint density at radius 1 is 1.00 bits per heavy atom. The highest BCUT2D eigenvalue weighted by Gasteiger charge is 2.27. The Bertz CT molecular complexity index is 1890. The number of carbonyl (C=O) groups excluding carboxylic acids is 2. The smallest absolute Gasteiger partial charge is 0.336 e. The molecule has 10 heteroatoms. The first kappa shape index (κ1) is 27.7. The third kappa shape index (κ3) is 5.08. The van der Waals surface area contributed by atoms with Crippen molar-refractivity contribution in [2.75, 3.05) is 11.9 Å². The maximum absolute atomic E-state index is 14.0. The Kier molecular flexibility index (Phi) is 7.34. The van der Waals surface area contributed by atoms with Crippen molar-refractivity contribution in [1.82, 2.24) is 10.3 Å². The van der Waals surface area contributed by atoms with Crippen molar-refractivity contribution < 1.29 is 24.2 Å². The second-order valence-corrected chi connectivity index (χ2v) is 12.2. The summed E-state index contributed by atoms with van der Waals surface area (Å²) in [6.07, 6.45) is 1.82. The Labute approximate surface area is 253 Å². The van der Waals surface area contributed by atoms with Gasteiger partial charge in [-0.05, 0) is 86.9 Å². The van der Waals surface area contributed by atoms with Gasteiger partial charge in [-0.1, -0.05) is 19.9 Å². The molecule has 0 spiro atoms. The molecule has 42 heavy (non-hydrogen) atoms. The average molecular weight is 645 g/mol. The Morgan fingerprint density at radius 2 is 1.83 bits per heavy atom. The summed E-state index contributed by atoms with van der Waals surface area (Å²) < 4.78 is 6.77. The third-order valence-electron chi connectivity index (χ3n) is 7.13. The Hall–Kier alpha value is -4.41. The molecule has 3 aromatic carbocycles. The molecule has 1 aliphatic rings. The number of ether oxygens (including phenoxy) is 1. The molecule has 6 rings (SSSR count). The van der Waals surface area contributed by atoms with Crippen LogP contribution in [0.25, 0.3) is 32.5 Å². The number of anilines is 1. The largest absolute Gasteiger partial charge is 0.488 e. The first-order valence-corrected chi connectivity index (χ1v) is 15.0. The molecule has 0 bridgehead atoms. The molecular formula is C32H26BrN3O5S. The van der Waals surface area contributed by atoms with E-state index < -0.39 is 11.9 Å². The van der Waals surface area contributed by atoms with Gasteiger partial charge in [0.15, 0.2) is 0 Å². The number of aromatic carboxylic acids is 1. The molecule has 5 aromatic rings. The number of hydrogen-bond donors (Lipinski definition) is 4. The molecule has 3 heterocycles. The number of hydrogen-bond acceptors (Lipinski definition) is 5. The number of fused-ring (bicyclic) bond motifs is 4. The van der Waals surface area contributed by atoms with E-state index in [1.54, 1.807) is 41.7 Å². The molecule has 212 valence electrons. The molecule has 1 aliphatic heterocycles. The molecule has 0 fully saturated rings. The Morgan fingerprint density at radius 3 is 2.62 bits per heavy atom. The highest BCUT2D eigenvalue weighted by atomic mass is 79.9. The summed E-state index contributed by atoms with van der Waals surface area (Å²) in [6, 6.07) is 15.6. The van der Waals surface area contributed by atoms with Gasteiger partial charge in [0.1, 0.15) is 12.4 Å². The number of thiophene rings is 1. The molecule has 0 saturated carbocycles. The second-order valence-electron chi connectivity index (χ2n) is 10.4. The zero-order valence-corrected chi connectivity index (χ0v) is 25.1. The summed E-state index contributed by atoms with van der Waals surface area (Å²) in [4.78, 5) is 43.4. The van der Waals surface area contributed by atoms with Crippen LogP contribution in [0.3, 0.4) is 0 Å². The molecule has 4 N–H and O–H groups in total. The number of H-pyrrole nitrogens is 1. The number of nitrogens with one attached hydrogen (secondary N) is 3. The van der Waals surface area contributed by atoms with Gasteiger partial charge in [0.2, 0.25) is 0 Å². The molecule has 0 atom stereocenters. The molecule has 0 aliphatic carbocycles. The van der Waals surface area contributed by atoms with Crippen molar-refractivity contribution >= 4 is 61.6 Å². The van der Waals surface area contributed by atoms with Crippen LogP contribution in [0.5, 0.6) is 5.75 Å². The molecule has 0 radical (unpaired) electrons. The van der Waals surface area contributed by atoms with Crippen LogP contribution >= 0.6 is 27.3 Å². The van der Waals surface area contributed by atoms with Gasteiger partial charge in [-0.2, -0.15) is 0 Å². The molecule has 2 amide bonds. The lowest BCUT2D eigenvalue weighted by Gasteiger charge is -2.22. The standard InChI is InChI=1S/C32H26BrN3O5S/c1-16(2)14-35-30(37)17-3-4-19(23(11-17)32(39)40)21-13-27-24(29-18(15-41-27)8-10-42-29)12-22(21)31(38)36-26-6-5-25-20(28(26)33)7-9-34-25/h3-13,16,34H,14-15H2,1-2H3,(H,35,37)(H,36,38)(H,39,40). The molecule has 8 nitrogen and oxygen atoms in total. The van der Waals surface area contributed by atoms with E-state index in [0.717, 1.165) is 31.4 Å². The second kappa shape index (κ2) is 11.1.